The number of aromatic nitrogens is 2. The molecule has 1 aliphatic rings. The zero-order valence-corrected chi connectivity index (χ0v) is 13.7. The zero-order valence-electron chi connectivity index (χ0n) is 13.7. The van der Waals surface area contributed by atoms with Crippen molar-refractivity contribution in [3.8, 4) is 0 Å². The first-order valence-corrected chi connectivity index (χ1v) is 8.30. The van der Waals surface area contributed by atoms with Gasteiger partial charge in [-0.3, -0.25) is 4.79 Å². The third kappa shape index (κ3) is 3.99. The third-order valence-corrected chi connectivity index (χ3v) is 4.26. The molecule has 0 fully saturated rings. The number of nitrogens with one attached hydrogen (secondary N) is 1. The normalized spacial score (nSPS) is 13.9. The lowest BCUT2D eigenvalue weighted by atomic mass is 9.99. The van der Waals surface area contributed by atoms with Gasteiger partial charge in [0.15, 0.2) is 0 Å². The maximum absolute atomic E-state index is 12.5. The summed E-state index contributed by atoms with van der Waals surface area (Å²) < 4.78 is 2.05. The number of fused-ring (bicyclic) bond motifs is 1. The lowest BCUT2D eigenvalue weighted by Gasteiger charge is -2.30. The molecule has 1 amide bonds. The molecular weight excluding hydrogens is 288 g/mol. The second kappa shape index (κ2) is 7.42. The number of amides is 1. The Morgan fingerprint density at radius 3 is 3.13 bits per heavy atom. The number of aryl methyl sites for hydroxylation is 3. The number of benzene rings is 1. The molecule has 1 aliphatic heterocycles. The van der Waals surface area contributed by atoms with Gasteiger partial charge in [-0.05, 0) is 44.4 Å². The topological polar surface area (TPSA) is 50.2 Å². The average Bonchev–Trinajstić information content (AvgIpc) is 3.07. The van der Waals surface area contributed by atoms with Crippen LogP contribution in [0.1, 0.15) is 24.0 Å². The van der Waals surface area contributed by atoms with Crippen LogP contribution in [0.3, 0.4) is 0 Å². The lowest BCUT2D eigenvalue weighted by molar-refractivity contribution is -0.117. The molecule has 3 rings (SSSR count). The molecule has 0 unspecified atom stereocenters. The van der Waals surface area contributed by atoms with Crippen LogP contribution in [-0.4, -0.2) is 35.1 Å². The number of anilines is 1. The number of carbonyl (C=O) groups is 1. The standard InChI is InChI=1S/C18H24N4O/c1-15-5-6-17-16(12-15)4-2-10-22(17)18(23)13-19-7-3-9-21-11-8-20-14-21/h5-6,8,11-12,14,19H,2-4,7,9-10,13H2,1H3. The van der Waals surface area contributed by atoms with Gasteiger partial charge in [-0.25, -0.2) is 4.98 Å². The molecule has 0 atom stereocenters. The molecule has 5 nitrogen and oxygen atoms in total. The summed E-state index contributed by atoms with van der Waals surface area (Å²) in [5.74, 6) is 0.164. The Kier molecular flexibility index (Phi) is 5.08. The molecule has 2 aromatic rings. The molecule has 1 aromatic carbocycles. The Morgan fingerprint density at radius 1 is 1.39 bits per heavy atom. The van der Waals surface area contributed by atoms with Crippen molar-refractivity contribution in [2.24, 2.45) is 0 Å². The van der Waals surface area contributed by atoms with Crippen LogP contribution in [0.2, 0.25) is 0 Å². The van der Waals surface area contributed by atoms with Crippen LogP contribution in [0.25, 0.3) is 0 Å². The van der Waals surface area contributed by atoms with Crippen LogP contribution >= 0.6 is 0 Å². The molecule has 1 aromatic heterocycles. The van der Waals surface area contributed by atoms with Crippen molar-refractivity contribution in [2.75, 3.05) is 24.5 Å². The van der Waals surface area contributed by atoms with Crippen LogP contribution in [0.4, 0.5) is 5.69 Å². The average molecular weight is 312 g/mol. The van der Waals surface area contributed by atoms with Crippen molar-refractivity contribution >= 4 is 11.6 Å². The minimum atomic E-state index is 0.164. The summed E-state index contributed by atoms with van der Waals surface area (Å²) in [6.07, 6.45) is 8.66. The molecule has 0 radical (unpaired) electrons. The Labute approximate surface area is 137 Å². The smallest absolute Gasteiger partial charge is 0.240 e. The molecule has 23 heavy (non-hydrogen) atoms. The quantitative estimate of drug-likeness (QED) is 0.832. The van der Waals surface area contributed by atoms with E-state index in [0.29, 0.717) is 6.54 Å². The molecule has 1 N–H and O–H groups in total. The van der Waals surface area contributed by atoms with Crippen molar-refractivity contribution in [1.82, 2.24) is 14.9 Å². The van der Waals surface area contributed by atoms with Crippen LogP contribution in [0.5, 0.6) is 0 Å². The summed E-state index contributed by atoms with van der Waals surface area (Å²) in [6, 6.07) is 6.37. The van der Waals surface area contributed by atoms with Gasteiger partial charge in [-0.2, -0.15) is 0 Å². The van der Waals surface area contributed by atoms with E-state index < -0.39 is 0 Å². The predicted octanol–water partition coefficient (Wildman–Crippen LogP) is 2.15. The number of imidazole rings is 1. The fourth-order valence-electron chi connectivity index (χ4n) is 3.08. The third-order valence-electron chi connectivity index (χ3n) is 4.26. The second-order valence-electron chi connectivity index (χ2n) is 6.11. The first kappa shape index (κ1) is 15.7. The summed E-state index contributed by atoms with van der Waals surface area (Å²) >= 11 is 0. The van der Waals surface area contributed by atoms with E-state index in [1.807, 2.05) is 22.0 Å². The molecule has 2 heterocycles. The fraction of sp³-hybridized carbons (Fsp3) is 0.444. The molecule has 122 valence electrons. The lowest BCUT2D eigenvalue weighted by Crippen LogP contribution is -2.41. The maximum atomic E-state index is 12.5. The first-order chi connectivity index (χ1) is 11.2. The Hall–Kier alpha value is -2.14. The Balaban J connectivity index is 1.47. The van der Waals surface area contributed by atoms with Gasteiger partial charge in [0, 0.05) is 31.2 Å². The minimum Gasteiger partial charge on any atom is -0.337 e. The van der Waals surface area contributed by atoms with E-state index in [1.165, 1.54) is 11.1 Å². The highest BCUT2D eigenvalue weighted by molar-refractivity contribution is 5.96. The van der Waals surface area contributed by atoms with Gasteiger partial charge in [-0.15, -0.1) is 0 Å². The monoisotopic (exact) mass is 312 g/mol. The minimum absolute atomic E-state index is 0.164. The molecule has 0 saturated heterocycles. The van der Waals surface area contributed by atoms with Gasteiger partial charge in [-0.1, -0.05) is 17.7 Å². The van der Waals surface area contributed by atoms with Gasteiger partial charge < -0.3 is 14.8 Å². The van der Waals surface area contributed by atoms with Crippen LogP contribution in [0, 0.1) is 6.92 Å². The Morgan fingerprint density at radius 2 is 2.30 bits per heavy atom. The SMILES string of the molecule is Cc1ccc2c(c1)CCCN2C(=O)CNCCCn1ccnc1. The highest BCUT2D eigenvalue weighted by atomic mass is 16.2. The van der Waals surface area contributed by atoms with E-state index in [0.717, 1.165) is 44.6 Å². The van der Waals surface area contributed by atoms with Crippen molar-refractivity contribution in [3.05, 3.63) is 48.0 Å². The van der Waals surface area contributed by atoms with Crippen molar-refractivity contribution in [3.63, 3.8) is 0 Å². The van der Waals surface area contributed by atoms with Gasteiger partial charge in [0.2, 0.25) is 5.91 Å². The van der Waals surface area contributed by atoms with Crippen LogP contribution in [-0.2, 0) is 17.8 Å². The number of nitrogens with zero attached hydrogens (tertiary/aromatic N) is 3. The highest BCUT2D eigenvalue weighted by Crippen LogP contribution is 2.27. The molecule has 0 saturated carbocycles. The van der Waals surface area contributed by atoms with Crippen molar-refractivity contribution in [2.45, 2.75) is 32.7 Å². The van der Waals surface area contributed by atoms with E-state index in [-0.39, 0.29) is 5.91 Å². The van der Waals surface area contributed by atoms with E-state index in [9.17, 15) is 4.79 Å². The van der Waals surface area contributed by atoms with Gasteiger partial charge in [0.05, 0.1) is 12.9 Å². The number of carbonyl (C=O) groups excluding carboxylic acids is 1. The molecular formula is C18H24N4O. The largest absolute Gasteiger partial charge is 0.337 e. The Bertz CT molecular complexity index is 651. The molecule has 5 heteroatoms. The zero-order chi connectivity index (χ0) is 16.1. The predicted molar refractivity (Wildman–Crippen MR) is 91.6 cm³/mol. The van der Waals surface area contributed by atoms with E-state index in [2.05, 4.69) is 35.4 Å². The van der Waals surface area contributed by atoms with Gasteiger partial charge >= 0.3 is 0 Å². The van der Waals surface area contributed by atoms with Gasteiger partial charge in [0.25, 0.3) is 0 Å². The van der Waals surface area contributed by atoms with Crippen molar-refractivity contribution < 1.29 is 4.79 Å². The van der Waals surface area contributed by atoms with E-state index in [1.54, 1.807) is 6.20 Å². The first-order valence-electron chi connectivity index (χ1n) is 8.30. The summed E-state index contributed by atoms with van der Waals surface area (Å²) in [6.45, 7) is 5.08. The summed E-state index contributed by atoms with van der Waals surface area (Å²) in [5.41, 5.74) is 3.65. The summed E-state index contributed by atoms with van der Waals surface area (Å²) in [7, 11) is 0. The number of hydrogen-bond acceptors (Lipinski definition) is 3. The second-order valence-corrected chi connectivity index (χ2v) is 6.11. The highest BCUT2D eigenvalue weighted by Gasteiger charge is 2.21. The molecule has 0 aliphatic carbocycles. The summed E-state index contributed by atoms with van der Waals surface area (Å²) in [5, 5.41) is 3.26. The van der Waals surface area contributed by atoms with Crippen LogP contribution < -0.4 is 10.2 Å². The van der Waals surface area contributed by atoms with E-state index in [4.69, 9.17) is 0 Å². The summed E-state index contributed by atoms with van der Waals surface area (Å²) in [4.78, 5) is 18.4. The van der Waals surface area contributed by atoms with E-state index >= 15 is 0 Å². The number of rotatable bonds is 6. The fourth-order valence-corrected chi connectivity index (χ4v) is 3.08. The number of hydrogen-bond donors (Lipinski definition) is 1. The molecule has 0 spiro atoms. The maximum Gasteiger partial charge on any atom is 0.240 e. The van der Waals surface area contributed by atoms with Crippen LogP contribution in [0.15, 0.2) is 36.9 Å². The van der Waals surface area contributed by atoms with Gasteiger partial charge in [0.1, 0.15) is 0 Å². The molecule has 0 bridgehead atoms. The van der Waals surface area contributed by atoms with Crippen molar-refractivity contribution in [1.29, 1.82) is 0 Å².